The lowest BCUT2D eigenvalue weighted by molar-refractivity contribution is -0.114. The Hall–Kier alpha value is -3.32. The number of benzene rings is 1. The number of hydrogen-bond acceptors (Lipinski definition) is 6. The van der Waals surface area contributed by atoms with Gasteiger partial charge < -0.3 is 10.6 Å². The number of nitrogens with one attached hydrogen (secondary N) is 2. The van der Waals surface area contributed by atoms with E-state index in [1.54, 1.807) is 0 Å². The molecular weight excluding hydrogens is 388 g/mol. The number of pyridine rings is 1. The van der Waals surface area contributed by atoms with Gasteiger partial charge in [0, 0.05) is 44.0 Å². The predicted octanol–water partition coefficient (Wildman–Crippen LogP) is 4.26. The van der Waals surface area contributed by atoms with Crippen LogP contribution in [0.3, 0.4) is 0 Å². The van der Waals surface area contributed by atoms with Gasteiger partial charge in [-0.15, -0.1) is 0 Å². The minimum Gasteiger partial charge on any atom is -0.326 e. The molecule has 1 aliphatic rings. The standard InChI is InChI=1S/C24H28N6O/c1-17-5-10-23(26-14-17)29-24-25-12-11-22(28-24)20-4-3-13-30(16-20)15-19-6-8-21(9-7-19)27-18(2)31/h5-12,14,20H,3-4,13,15-16H2,1-2H3,(H,27,31)(H,25,26,28,29). The molecular formula is C24H28N6O. The molecule has 1 aliphatic heterocycles. The molecule has 0 bridgehead atoms. The van der Waals surface area contributed by atoms with E-state index in [1.807, 2.05) is 49.6 Å². The molecule has 3 aromatic rings. The summed E-state index contributed by atoms with van der Waals surface area (Å²) in [5, 5.41) is 6.02. The van der Waals surface area contributed by atoms with E-state index in [1.165, 1.54) is 12.5 Å². The van der Waals surface area contributed by atoms with Gasteiger partial charge >= 0.3 is 0 Å². The van der Waals surface area contributed by atoms with Crippen molar-refractivity contribution >= 4 is 23.4 Å². The van der Waals surface area contributed by atoms with Crippen LogP contribution in [0.1, 0.15) is 42.5 Å². The first kappa shape index (κ1) is 20.9. The number of carbonyl (C=O) groups is 1. The maximum absolute atomic E-state index is 11.2. The van der Waals surface area contributed by atoms with Gasteiger partial charge in [-0.3, -0.25) is 9.69 Å². The molecule has 2 aromatic heterocycles. The number of hydrogen-bond donors (Lipinski definition) is 2. The van der Waals surface area contributed by atoms with Crippen LogP contribution in [-0.4, -0.2) is 38.8 Å². The Balaban J connectivity index is 1.39. The molecule has 160 valence electrons. The molecule has 1 fully saturated rings. The molecule has 2 N–H and O–H groups in total. The van der Waals surface area contributed by atoms with E-state index in [0.717, 1.165) is 55.2 Å². The molecule has 0 radical (unpaired) electrons. The van der Waals surface area contributed by atoms with Crippen molar-refractivity contribution in [3.63, 3.8) is 0 Å². The summed E-state index contributed by atoms with van der Waals surface area (Å²) in [4.78, 5) is 27.2. The summed E-state index contributed by atoms with van der Waals surface area (Å²) in [6.45, 7) is 6.47. The molecule has 0 spiro atoms. The van der Waals surface area contributed by atoms with E-state index in [4.69, 9.17) is 4.98 Å². The second-order valence-corrected chi connectivity index (χ2v) is 8.10. The number of anilines is 3. The summed E-state index contributed by atoms with van der Waals surface area (Å²) >= 11 is 0. The van der Waals surface area contributed by atoms with Crippen molar-refractivity contribution in [2.24, 2.45) is 0 Å². The lowest BCUT2D eigenvalue weighted by atomic mass is 9.94. The Morgan fingerprint density at radius 2 is 1.97 bits per heavy atom. The highest BCUT2D eigenvalue weighted by Gasteiger charge is 2.23. The maximum atomic E-state index is 11.2. The van der Waals surface area contributed by atoms with E-state index in [0.29, 0.717) is 11.9 Å². The average molecular weight is 417 g/mol. The third-order valence-corrected chi connectivity index (χ3v) is 5.43. The van der Waals surface area contributed by atoms with E-state index in [2.05, 4.69) is 37.6 Å². The average Bonchev–Trinajstić information content (AvgIpc) is 2.77. The fourth-order valence-electron chi connectivity index (χ4n) is 3.91. The van der Waals surface area contributed by atoms with E-state index >= 15 is 0 Å². The Morgan fingerprint density at radius 1 is 1.13 bits per heavy atom. The second-order valence-electron chi connectivity index (χ2n) is 8.10. The largest absolute Gasteiger partial charge is 0.326 e. The number of nitrogens with zero attached hydrogens (tertiary/aromatic N) is 4. The van der Waals surface area contributed by atoms with E-state index in [-0.39, 0.29) is 5.91 Å². The first-order valence-corrected chi connectivity index (χ1v) is 10.7. The number of rotatable bonds is 6. The minimum absolute atomic E-state index is 0.0523. The van der Waals surface area contributed by atoms with Gasteiger partial charge in [-0.05, 0) is 61.7 Å². The summed E-state index contributed by atoms with van der Waals surface area (Å²) in [6.07, 6.45) is 5.91. The minimum atomic E-state index is -0.0523. The number of piperidine rings is 1. The van der Waals surface area contributed by atoms with Gasteiger partial charge in [0.1, 0.15) is 5.82 Å². The van der Waals surface area contributed by atoms with Crippen LogP contribution in [-0.2, 0) is 11.3 Å². The molecule has 0 aliphatic carbocycles. The van der Waals surface area contributed by atoms with Crippen molar-refractivity contribution in [2.75, 3.05) is 23.7 Å². The number of likely N-dealkylation sites (tertiary alicyclic amines) is 1. The lowest BCUT2D eigenvalue weighted by Gasteiger charge is -2.32. The SMILES string of the molecule is CC(=O)Nc1ccc(CN2CCCC(c3ccnc(Nc4ccc(C)cn4)n3)C2)cc1. The Labute approximate surface area is 183 Å². The fraction of sp³-hybridized carbons (Fsp3) is 0.333. The number of aromatic nitrogens is 3. The molecule has 0 saturated carbocycles. The number of amides is 1. The van der Waals surface area contributed by atoms with Gasteiger partial charge in [-0.1, -0.05) is 18.2 Å². The topological polar surface area (TPSA) is 83.0 Å². The monoisotopic (exact) mass is 416 g/mol. The maximum Gasteiger partial charge on any atom is 0.228 e. The molecule has 31 heavy (non-hydrogen) atoms. The highest BCUT2D eigenvalue weighted by molar-refractivity contribution is 5.88. The van der Waals surface area contributed by atoms with Gasteiger partial charge in [0.25, 0.3) is 0 Å². The van der Waals surface area contributed by atoms with Crippen LogP contribution in [0.15, 0.2) is 54.9 Å². The molecule has 7 heteroatoms. The third-order valence-electron chi connectivity index (χ3n) is 5.43. The summed E-state index contributed by atoms with van der Waals surface area (Å²) in [7, 11) is 0. The Bertz CT molecular complexity index is 1020. The summed E-state index contributed by atoms with van der Waals surface area (Å²) in [5.41, 5.74) is 4.25. The van der Waals surface area contributed by atoms with Gasteiger partial charge in [0.2, 0.25) is 11.9 Å². The van der Waals surface area contributed by atoms with Crippen LogP contribution < -0.4 is 10.6 Å². The molecule has 3 heterocycles. The fourth-order valence-corrected chi connectivity index (χ4v) is 3.91. The van der Waals surface area contributed by atoms with Gasteiger partial charge in [0.15, 0.2) is 0 Å². The Kier molecular flexibility index (Phi) is 6.52. The first-order chi connectivity index (χ1) is 15.0. The lowest BCUT2D eigenvalue weighted by Crippen LogP contribution is -2.34. The second kappa shape index (κ2) is 9.66. The zero-order valence-electron chi connectivity index (χ0n) is 18.0. The van der Waals surface area contributed by atoms with E-state index in [9.17, 15) is 4.79 Å². The molecule has 1 unspecified atom stereocenters. The summed E-state index contributed by atoms with van der Waals surface area (Å²) in [5.74, 6) is 1.65. The van der Waals surface area contributed by atoms with Crippen molar-refractivity contribution in [1.29, 1.82) is 0 Å². The highest BCUT2D eigenvalue weighted by Crippen LogP contribution is 2.27. The molecule has 1 aromatic carbocycles. The van der Waals surface area contributed by atoms with Gasteiger partial charge in [-0.25, -0.2) is 15.0 Å². The van der Waals surface area contributed by atoms with Crippen molar-refractivity contribution in [3.05, 3.63) is 71.7 Å². The van der Waals surface area contributed by atoms with Crippen LogP contribution in [0.25, 0.3) is 0 Å². The molecule has 1 saturated heterocycles. The molecule has 1 amide bonds. The summed E-state index contributed by atoms with van der Waals surface area (Å²) in [6, 6.07) is 14.0. The first-order valence-electron chi connectivity index (χ1n) is 10.7. The van der Waals surface area contributed by atoms with Crippen molar-refractivity contribution < 1.29 is 4.79 Å². The highest BCUT2D eigenvalue weighted by atomic mass is 16.1. The van der Waals surface area contributed by atoms with Crippen molar-refractivity contribution in [1.82, 2.24) is 19.9 Å². The summed E-state index contributed by atoms with van der Waals surface area (Å²) < 4.78 is 0. The molecule has 1 atom stereocenters. The quantitative estimate of drug-likeness (QED) is 0.625. The van der Waals surface area contributed by atoms with Crippen LogP contribution in [0, 0.1) is 6.92 Å². The smallest absolute Gasteiger partial charge is 0.228 e. The zero-order chi connectivity index (χ0) is 21.6. The van der Waals surface area contributed by atoms with Crippen LogP contribution in [0.4, 0.5) is 17.5 Å². The van der Waals surface area contributed by atoms with Gasteiger partial charge in [-0.2, -0.15) is 0 Å². The number of carbonyl (C=O) groups excluding carboxylic acids is 1. The van der Waals surface area contributed by atoms with Crippen LogP contribution in [0.2, 0.25) is 0 Å². The van der Waals surface area contributed by atoms with Crippen molar-refractivity contribution in [3.8, 4) is 0 Å². The zero-order valence-corrected chi connectivity index (χ0v) is 18.0. The van der Waals surface area contributed by atoms with Crippen molar-refractivity contribution in [2.45, 2.75) is 39.2 Å². The molecule has 4 rings (SSSR count). The third kappa shape index (κ3) is 5.86. The van der Waals surface area contributed by atoms with E-state index < -0.39 is 0 Å². The van der Waals surface area contributed by atoms with Crippen LogP contribution in [0.5, 0.6) is 0 Å². The van der Waals surface area contributed by atoms with Crippen LogP contribution >= 0.6 is 0 Å². The van der Waals surface area contributed by atoms with Gasteiger partial charge in [0.05, 0.1) is 5.69 Å². The normalized spacial score (nSPS) is 16.6. The predicted molar refractivity (Wildman–Crippen MR) is 122 cm³/mol. The number of aryl methyl sites for hydroxylation is 1. The molecule has 7 nitrogen and oxygen atoms in total. The Morgan fingerprint density at radius 3 is 2.71 bits per heavy atom.